The number of anilines is 1. The average Bonchev–Trinajstić information content (AvgIpc) is 3.70. The van der Waals surface area contributed by atoms with Gasteiger partial charge in [0.15, 0.2) is 21.3 Å². The van der Waals surface area contributed by atoms with Crippen molar-refractivity contribution in [2.24, 2.45) is 0 Å². The number of nitrogen functional groups attached to an aromatic ring is 1. The second-order valence-corrected chi connectivity index (χ2v) is 12.1. The quantitative estimate of drug-likeness (QED) is 0.325. The van der Waals surface area contributed by atoms with Crippen molar-refractivity contribution < 1.29 is 22.3 Å². The highest BCUT2D eigenvalue weighted by atomic mass is 32.2. The van der Waals surface area contributed by atoms with Crippen LogP contribution in [0.2, 0.25) is 0 Å². The lowest BCUT2D eigenvalue weighted by atomic mass is 10.1. The number of benzene rings is 2. The highest BCUT2D eigenvalue weighted by Gasteiger charge is 2.29. The van der Waals surface area contributed by atoms with Crippen molar-refractivity contribution in [3.8, 4) is 34.3 Å². The summed E-state index contributed by atoms with van der Waals surface area (Å²) in [5.74, 6) is 0.635. The maximum absolute atomic E-state index is 13.0. The molecule has 6 rings (SSSR count). The van der Waals surface area contributed by atoms with E-state index < -0.39 is 15.1 Å². The molecule has 12 heteroatoms. The number of nitrogens with one attached hydrogen (secondary N) is 1. The predicted octanol–water partition coefficient (Wildman–Crippen LogP) is 3.27. The molecular weight excluding hydrogens is 532 g/mol. The molecule has 0 radical (unpaired) electrons. The van der Waals surface area contributed by atoms with E-state index in [-0.39, 0.29) is 22.3 Å². The summed E-state index contributed by atoms with van der Waals surface area (Å²) in [4.78, 5) is 9.15. The third-order valence-corrected chi connectivity index (χ3v) is 9.52. The van der Waals surface area contributed by atoms with Gasteiger partial charge in [0.2, 0.25) is 5.89 Å². The maximum atomic E-state index is 13.0. The third-order valence-electron chi connectivity index (χ3n) is 7.24. The van der Waals surface area contributed by atoms with E-state index in [9.17, 15) is 8.42 Å². The first-order valence-corrected chi connectivity index (χ1v) is 14.8. The molecule has 0 spiro atoms. The number of rotatable bonds is 8. The number of sulfone groups is 1. The Balaban J connectivity index is 1.18. The zero-order valence-corrected chi connectivity index (χ0v) is 22.6. The molecule has 2 aromatic heterocycles. The summed E-state index contributed by atoms with van der Waals surface area (Å²) in [6.07, 6.45) is 3.56. The second-order valence-electron chi connectivity index (χ2n) is 9.92. The van der Waals surface area contributed by atoms with Gasteiger partial charge in [0.05, 0.1) is 28.6 Å². The average molecular weight is 563 g/mol. The first-order chi connectivity index (χ1) is 19.5. The molecule has 208 valence electrons. The summed E-state index contributed by atoms with van der Waals surface area (Å²) in [7, 11) is -3.43. The normalized spacial score (nSPS) is 18.2. The van der Waals surface area contributed by atoms with Gasteiger partial charge in [-0.25, -0.2) is 18.4 Å². The van der Waals surface area contributed by atoms with Gasteiger partial charge in [0, 0.05) is 43.5 Å². The van der Waals surface area contributed by atoms with Gasteiger partial charge in [-0.1, -0.05) is 24.3 Å². The summed E-state index contributed by atoms with van der Waals surface area (Å²) in [5, 5.41) is 11.4. The van der Waals surface area contributed by atoms with E-state index in [1.165, 1.54) is 6.20 Å². The van der Waals surface area contributed by atoms with Crippen molar-refractivity contribution in [2.45, 2.75) is 42.0 Å². The van der Waals surface area contributed by atoms with E-state index in [0.717, 1.165) is 37.3 Å². The zero-order chi connectivity index (χ0) is 27.5. The van der Waals surface area contributed by atoms with Crippen molar-refractivity contribution in [1.82, 2.24) is 25.5 Å². The summed E-state index contributed by atoms with van der Waals surface area (Å²) < 4.78 is 42.6. The van der Waals surface area contributed by atoms with Crippen LogP contribution in [0.25, 0.3) is 34.3 Å². The van der Waals surface area contributed by atoms with Gasteiger partial charge in [-0.3, -0.25) is 0 Å². The fourth-order valence-corrected chi connectivity index (χ4v) is 6.56. The van der Waals surface area contributed by atoms with Crippen LogP contribution in [0.1, 0.15) is 24.8 Å². The Morgan fingerprint density at radius 2 is 1.57 bits per heavy atom. The Morgan fingerprint density at radius 1 is 0.875 bits per heavy atom. The standard InChI is InChI=1S/C28H30N6O5S/c29-26-25(28-34-33-27(39-28)20-3-1-18(2-4-20)15-30-21-9-12-38-17-21)32-24(16-31-26)19-5-7-22(8-6-19)40(35,36)23-10-13-37-14-11-23/h1-8,16,21,23,30H,9-15,17H2,(H2,29,31)/t21-/m1/s1. The molecule has 2 saturated heterocycles. The number of aromatic nitrogens is 4. The SMILES string of the molecule is Nc1ncc(-c2ccc(S(=O)(=O)C3CCOCC3)cc2)nc1-c1nnc(-c2ccc(CN[C@@H]3CCOC3)cc2)o1. The summed E-state index contributed by atoms with van der Waals surface area (Å²) in [6.45, 7) is 3.23. The minimum Gasteiger partial charge on any atom is -0.414 e. The van der Waals surface area contributed by atoms with Crippen LogP contribution in [0.4, 0.5) is 5.82 Å². The van der Waals surface area contributed by atoms with Gasteiger partial charge < -0.3 is 24.9 Å². The van der Waals surface area contributed by atoms with Crippen molar-refractivity contribution in [3.63, 3.8) is 0 Å². The molecule has 0 saturated carbocycles. The van der Waals surface area contributed by atoms with Crippen molar-refractivity contribution >= 4 is 15.7 Å². The minimum atomic E-state index is -3.43. The van der Waals surface area contributed by atoms with Crippen LogP contribution in [0.3, 0.4) is 0 Å². The fourth-order valence-electron chi connectivity index (χ4n) is 4.85. The zero-order valence-electron chi connectivity index (χ0n) is 21.8. The maximum Gasteiger partial charge on any atom is 0.270 e. The summed E-state index contributed by atoms with van der Waals surface area (Å²) >= 11 is 0. The smallest absolute Gasteiger partial charge is 0.270 e. The van der Waals surface area contributed by atoms with Gasteiger partial charge in [-0.15, -0.1) is 10.2 Å². The lowest BCUT2D eigenvalue weighted by molar-refractivity contribution is 0.0983. The molecule has 1 atom stereocenters. The van der Waals surface area contributed by atoms with E-state index in [2.05, 4.69) is 25.5 Å². The van der Waals surface area contributed by atoms with Gasteiger partial charge in [-0.2, -0.15) is 0 Å². The molecule has 2 aromatic carbocycles. The lowest BCUT2D eigenvalue weighted by Crippen LogP contribution is -2.28. The van der Waals surface area contributed by atoms with Crippen LogP contribution in [0.5, 0.6) is 0 Å². The van der Waals surface area contributed by atoms with Crippen molar-refractivity contribution in [2.75, 3.05) is 32.2 Å². The molecule has 0 bridgehead atoms. The fraction of sp³-hybridized carbons (Fsp3) is 0.357. The Labute approximate surface area is 232 Å². The monoisotopic (exact) mass is 562 g/mol. The van der Waals surface area contributed by atoms with Crippen LogP contribution in [0.15, 0.2) is 64.0 Å². The van der Waals surface area contributed by atoms with Crippen LogP contribution >= 0.6 is 0 Å². The first-order valence-electron chi connectivity index (χ1n) is 13.3. The van der Waals surface area contributed by atoms with Crippen LogP contribution in [-0.4, -0.2) is 66.3 Å². The van der Waals surface area contributed by atoms with Crippen LogP contribution < -0.4 is 11.1 Å². The molecule has 3 N–H and O–H groups in total. The molecule has 0 aliphatic carbocycles. The highest BCUT2D eigenvalue weighted by molar-refractivity contribution is 7.92. The Morgan fingerprint density at radius 3 is 2.30 bits per heavy atom. The molecule has 4 heterocycles. The van der Waals surface area contributed by atoms with E-state index in [1.54, 1.807) is 24.3 Å². The molecular formula is C28H30N6O5S. The van der Waals surface area contributed by atoms with E-state index in [1.807, 2.05) is 24.3 Å². The molecule has 2 fully saturated rings. The predicted molar refractivity (Wildman–Crippen MR) is 148 cm³/mol. The van der Waals surface area contributed by atoms with Gasteiger partial charge in [0.25, 0.3) is 5.89 Å². The minimum absolute atomic E-state index is 0.146. The van der Waals surface area contributed by atoms with Gasteiger partial charge >= 0.3 is 0 Å². The van der Waals surface area contributed by atoms with E-state index in [0.29, 0.717) is 49.2 Å². The molecule has 40 heavy (non-hydrogen) atoms. The summed E-state index contributed by atoms with van der Waals surface area (Å²) in [6, 6.07) is 14.9. The first kappa shape index (κ1) is 26.5. The van der Waals surface area contributed by atoms with Crippen molar-refractivity contribution in [3.05, 3.63) is 60.3 Å². The van der Waals surface area contributed by atoms with E-state index >= 15 is 0 Å². The highest BCUT2D eigenvalue weighted by Crippen LogP contribution is 2.30. The molecule has 4 aromatic rings. The topological polar surface area (TPSA) is 155 Å². The largest absolute Gasteiger partial charge is 0.414 e. The summed E-state index contributed by atoms with van der Waals surface area (Å²) in [5.41, 5.74) is 9.48. The third kappa shape index (κ3) is 5.61. The Kier molecular flexibility index (Phi) is 7.57. The van der Waals surface area contributed by atoms with Gasteiger partial charge in [-0.05, 0) is 49.1 Å². The number of hydrogen-bond acceptors (Lipinski definition) is 11. The second kappa shape index (κ2) is 11.4. The lowest BCUT2D eigenvalue weighted by Gasteiger charge is -2.22. The van der Waals surface area contributed by atoms with Crippen LogP contribution in [0, 0.1) is 0 Å². The Bertz CT molecular complexity index is 1560. The van der Waals surface area contributed by atoms with Crippen molar-refractivity contribution in [1.29, 1.82) is 0 Å². The molecule has 11 nitrogen and oxygen atoms in total. The Hall–Kier alpha value is -3.71. The number of ether oxygens (including phenoxy) is 2. The molecule has 0 amide bonds. The van der Waals surface area contributed by atoms with Gasteiger partial charge in [0.1, 0.15) is 0 Å². The number of hydrogen-bond donors (Lipinski definition) is 2. The molecule has 2 aliphatic heterocycles. The molecule has 0 unspecified atom stereocenters. The van der Waals surface area contributed by atoms with Crippen LogP contribution in [-0.2, 0) is 25.9 Å². The number of nitrogens with two attached hydrogens (primary N) is 1. The van der Waals surface area contributed by atoms with E-state index in [4.69, 9.17) is 19.6 Å². The molecule has 2 aliphatic rings. The number of nitrogens with zero attached hydrogens (tertiary/aromatic N) is 4.